The molecule has 0 unspecified atom stereocenters. The highest BCUT2D eigenvalue weighted by Gasteiger charge is 2.23. The molecule has 0 spiro atoms. The van der Waals surface area contributed by atoms with Crippen LogP contribution in [0.4, 0.5) is 11.4 Å². The van der Waals surface area contributed by atoms with Crippen molar-refractivity contribution in [2.45, 2.75) is 38.6 Å². The first-order valence-electron chi connectivity index (χ1n) is 7.23. The Balaban J connectivity index is 2.20. The van der Waals surface area contributed by atoms with Crippen LogP contribution >= 0.6 is 0 Å². The number of hydrogen-bond donors (Lipinski definition) is 1. The molecule has 1 aromatic carbocycles. The number of benzene rings is 1. The Morgan fingerprint density at radius 3 is 2.55 bits per heavy atom. The summed E-state index contributed by atoms with van der Waals surface area (Å²) in [7, 11) is 3.46. The van der Waals surface area contributed by atoms with Crippen molar-refractivity contribution in [2.75, 3.05) is 24.8 Å². The Labute approximate surface area is 120 Å². The number of anilines is 2. The molecule has 0 aromatic heterocycles. The van der Waals surface area contributed by atoms with E-state index in [1.165, 1.54) is 32.8 Å². The van der Waals surface area contributed by atoms with Gasteiger partial charge in [-0.2, -0.15) is 0 Å². The number of nitrogens with two attached hydrogens (primary N) is 1. The van der Waals surface area contributed by atoms with Gasteiger partial charge in [-0.1, -0.05) is 6.92 Å². The third-order valence-corrected chi connectivity index (χ3v) is 4.36. The lowest BCUT2D eigenvalue weighted by atomic mass is 9.86. The fourth-order valence-corrected chi connectivity index (χ4v) is 2.92. The van der Waals surface area contributed by atoms with Crippen molar-refractivity contribution in [2.24, 2.45) is 5.92 Å². The quantitative estimate of drug-likeness (QED) is 0.681. The molecule has 2 rings (SSSR count). The molecular weight excluding hydrogens is 252 g/mol. The molecule has 2 N–H and O–H groups in total. The van der Waals surface area contributed by atoms with E-state index in [2.05, 4.69) is 18.9 Å². The number of carbonyl (C=O) groups excluding carboxylic acids is 1. The molecule has 0 heterocycles. The number of nitrogens with zero attached hydrogens (tertiary/aromatic N) is 1. The number of ether oxygens (including phenoxy) is 1. The summed E-state index contributed by atoms with van der Waals surface area (Å²) in [5.41, 5.74) is 8.25. The monoisotopic (exact) mass is 276 g/mol. The van der Waals surface area contributed by atoms with Gasteiger partial charge in [0.05, 0.1) is 24.0 Å². The average molecular weight is 276 g/mol. The van der Waals surface area contributed by atoms with Gasteiger partial charge in [0.2, 0.25) is 0 Å². The lowest BCUT2D eigenvalue weighted by molar-refractivity contribution is 0.0601. The van der Waals surface area contributed by atoms with Crippen molar-refractivity contribution >= 4 is 17.3 Å². The minimum Gasteiger partial charge on any atom is -0.465 e. The van der Waals surface area contributed by atoms with Gasteiger partial charge in [0, 0.05) is 13.1 Å². The zero-order valence-electron chi connectivity index (χ0n) is 12.6. The normalized spacial score (nSPS) is 22.4. The first-order chi connectivity index (χ1) is 9.52. The van der Waals surface area contributed by atoms with E-state index in [1.807, 2.05) is 6.07 Å². The molecular formula is C16H24N2O2. The summed E-state index contributed by atoms with van der Waals surface area (Å²) in [6.07, 6.45) is 4.87. The second kappa shape index (κ2) is 6.16. The maximum Gasteiger partial charge on any atom is 0.337 e. The molecule has 1 aliphatic carbocycles. The van der Waals surface area contributed by atoms with Crippen LogP contribution in [0.25, 0.3) is 0 Å². The Hall–Kier alpha value is -1.71. The highest BCUT2D eigenvalue weighted by molar-refractivity contribution is 5.92. The lowest BCUT2D eigenvalue weighted by Gasteiger charge is -2.35. The zero-order chi connectivity index (χ0) is 14.7. The maximum atomic E-state index is 11.6. The summed E-state index contributed by atoms with van der Waals surface area (Å²) < 4.78 is 4.77. The van der Waals surface area contributed by atoms with Crippen molar-refractivity contribution in [3.63, 3.8) is 0 Å². The second-order valence-corrected chi connectivity index (χ2v) is 5.79. The molecule has 0 bridgehead atoms. The van der Waals surface area contributed by atoms with Crippen LogP contribution in [0.15, 0.2) is 18.2 Å². The van der Waals surface area contributed by atoms with Gasteiger partial charge in [0.1, 0.15) is 0 Å². The predicted octanol–water partition coefficient (Wildman–Crippen LogP) is 3.07. The minimum absolute atomic E-state index is 0.322. The predicted molar refractivity (Wildman–Crippen MR) is 82.0 cm³/mol. The largest absolute Gasteiger partial charge is 0.465 e. The smallest absolute Gasteiger partial charge is 0.337 e. The van der Waals surface area contributed by atoms with Crippen LogP contribution in [0.2, 0.25) is 0 Å². The van der Waals surface area contributed by atoms with Crippen LogP contribution in [0.5, 0.6) is 0 Å². The second-order valence-electron chi connectivity index (χ2n) is 5.79. The number of methoxy groups -OCH3 is 1. The minimum atomic E-state index is -0.322. The Bertz CT molecular complexity index is 479. The first-order valence-corrected chi connectivity index (χ1v) is 7.23. The number of esters is 1. The molecule has 20 heavy (non-hydrogen) atoms. The van der Waals surface area contributed by atoms with Gasteiger partial charge in [-0.05, 0) is 49.8 Å². The average Bonchev–Trinajstić information content (AvgIpc) is 2.47. The van der Waals surface area contributed by atoms with Gasteiger partial charge < -0.3 is 15.4 Å². The highest BCUT2D eigenvalue weighted by Crippen LogP contribution is 2.32. The van der Waals surface area contributed by atoms with E-state index in [0.717, 1.165) is 11.6 Å². The van der Waals surface area contributed by atoms with Gasteiger partial charge in [0.25, 0.3) is 0 Å². The molecule has 110 valence electrons. The van der Waals surface area contributed by atoms with Gasteiger partial charge in [-0.25, -0.2) is 4.79 Å². The van der Waals surface area contributed by atoms with E-state index in [-0.39, 0.29) is 5.97 Å². The third kappa shape index (κ3) is 3.06. The zero-order valence-corrected chi connectivity index (χ0v) is 12.6. The molecule has 0 saturated heterocycles. The first kappa shape index (κ1) is 14.7. The third-order valence-electron chi connectivity index (χ3n) is 4.36. The van der Waals surface area contributed by atoms with Crippen LogP contribution in [0.1, 0.15) is 43.0 Å². The summed E-state index contributed by atoms with van der Waals surface area (Å²) in [5, 5.41) is 0. The van der Waals surface area contributed by atoms with E-state index in [4.69, 9.17) is 10.5 Å². The van der Waals surface area contributed by atoms with Gasteiger partial charge in [-0.15, -0.1) is 0 Å². The van der Waals surface area contributed by atoms with Crippen molar-refractivity contribution in [1.29, 1.82) is 0 Å². The summed E-state index contributed by atoms with van der Waals surface area (Å²) in [6, 6.07) is 5.82. The van der Waals surface area contributed by atoms with E-state index in [9.17, 15) is 4.79 Å². The summed E-state index contributed by atoms with van der Waals surface area (Å²) in [5.74, 6) is 0.496. The van der Waals surface area contributed by atoms with Crippen LogP contribution in [0.3, 0.4) is 0 Å². The SMILES string of the molecule is COC(=O)c1ccc(N)c(N(C)C2CCC(C)CC2)c1. The molecule has 0 amide bonds. The Kier molecular flexibility index (Phi) is 4.53. The van der Waals surface area contributed by atoms with Gasteiger partial charge in [-0.3, -0.25) is 0 Å². The summed E-state index contributed by atoms with van der Waals surface area (Å²) in [6.45, 7) is 2.31. The molecule has 0 atom stereocenters. The van der Waals surface area contributed by atoms with E-state index in [0.29, 0.717) is 17.3 Å². The molecule has 4 heteroatoms. The van der Waals surface area contributed by atoms with E-state index in [1.54, 1.807) is 12.1 Å². The molecule has 0 radical (unpaired) electrons. The Morgan fingerprint density at radius 1 is 1.30 bits per heavy atom. The number of carbonyl (C=O) groups is 1. The van der Waals surface area contributed by atoms with Crippen molar-refractivity contribution in [3.05, 3.63) is 23.8 Å². The standard InChI is InChI=1S/C16H24N2O2/c1-11-4-7-13(8-5-11)18(2)15-10-12(16(19)20-3)6-9-14(15)17/h6,9-11,13H,4-5,7-8,17H2,1-3H3. The maximum absolute atomic E-state index is 11.6. The fraction of sp³-hybridized carbons (Fsp3) is 0.562. The summed E-state index contributed by atoms with van der Waals surface area (Å²) >= 11 is 0. The molecule has 4 nitrogen and oxygen atoms in total. The van der Waals surface area contributed by atoms with Crippen LogP contribution < -0.4 is 10.6 Å². The van der Waals surface area contributed by atoms with E-state index >= 15 is 0 Å². The molecule has 1 saturated carbocycles. The van der Waals surface area contributed by atoms with Gasteiger partial charge >= 0.3 is 5.97 Å². The van der Waals surface area contributed by atoms with E-state index < -0.39 is 0 Å². The number of rotatable bonds is 3. The highest BCUT2D eigenvalue weighted by atomic mass is 16.5. The van der Waals surface area contributed by atoms with Crippen molar-refractivity contribution in [3.8, 4) is 0 Å². The lowest BCUT2D eigenvalue weighted by Crippen LogP contribution is -2.35. The topological polar surface area (TPSA) is 55.6 Å². The van der Waals surface area contributed by atoms with Crippen molar-refractivity contribution < 1.29 is 9.53 Å². The number of hydrogen-bond acceptors (Lipinski definition) is 4. The molecule has 1 aliphatic rings. The number of nitrogen functional groups attached to an aromatic ring is 1. The van der Waals surface area contributed by atoms with Gasteiger partial charge in [0.15, 0.2) is 0 Å². The van der Waals surface area contributed by atoms with Crippen LogP contribution in [-0.2, 0) is 4.74 Å². The molecule has 0 aliphatic heterocycles. The van der Waals surface area contributed by atoms with Crippen LogP contribution in [-0.4, -0.2) is 26.2 Å². The Morgan fingerprint density at radius 2 is 1.95 bits per heavy atom. The van der Waals surface area contributed by atoms with Crippen LogP contribution in [0, 0.1) is 5.92 Å². The fourth-order valence-electron chi connectivity index (χ4n) is 2.92. The van der Waals surface area contributed by atoms with Crippen molar-refractivity contribution in [1.82, 2.24) is 0 Å². The molecule has 1 fully saturated rings. The molecule has 1 aromatic rings. The summed E-state index contributed by atoms with van der Waals surface area (Å²) in [4.78, 5) is 13.9.